The number of fused-ring (bicyclic) bond motifs is 1. The number of hydrogen-bond donors (Lipinski definition) is 0. The van der Waals surface area contributed by atoms with Gasteiger partial charge in [-0.15, -0.1) is 0 Å². The van der Waals surface area contributed by atoms with Gasteiger partial charge in [0.1, 0.15) is 0 Å². The Bertz CT molecular complexity index is 1470. The molecule has 0 spiro atoms. The lowest BCUT2D eigenvalue weighted by molar-refractivity contribution is -0.324. The maximum atomic E-state index is 15.1. The van der Waals surface area contributed by atoms with Crippen molar-refractivity contribution in [2.45, 2.75) is 67.8 Å². The number of alkyl halides is 6. The first-order valence-corrected chi connectivity index (χ1v) is 14.7. The van der Waals surface area contributed by atoms with Crippen LogP contribution in [0.5, 0.6) is 0 Å². The summed E-state index contributed by atoms with van der Waals surface area (Å²) in [6, 6.07) is 5.62. The number of ether oxygens (including phenoxy) is 3. The molecule has 242 valence electrons. The van der Waals surface area contributed by atoms with Crippen LogP contribution in [0, 0.1) is 17.3 Å². The summed E-state index contributed by atoms with van der Waals surface area (Å²) in [5.74, 6) is -11.2. The fourth-order valence-electron chi connectivity index (χ4n) is 7.17. The summed E-state index contributed by atoms with van der Waals surface area (Å²) < 4.78 is 131. The normalized spacial score (nSPS) is 28.3. The van der Waals surface area contributed by atoms with Crippen LogP contribution in [0.4, 0.5) is 26.3 Å². The smallest absolute Gasteiger partial charge is 0.456 e. The van der Waals surface area contributed by atoms with E-state index in [4.69, 9.17) is 9.47 Å². The van der Waals surface area contributed by atoms with Crippen molar-refractivity contribution in [2.75, 3.05) is 13.3 Å². The van der Waals surface area contributed by atoms with E-state index in [1.807, 2.05) is 0 Å². The molecule has 2 atom stereocenters. The van der Waals surface area contributed by atoms with E-state index in [1.165, 1.54) is 24.3 Å². The number of halogens is 6. The van der Waals surface area contributed by atoms with Gasteiger partial charge < -0.3 is 18.8 Å². The van der Waals surface area contributed by atoms with Crippen molar-refractivity contribution in [1.29, 1.82) is 0 Å². The molecule has 0 N–H and O–H groups in total. The lowest BCUT2D eigenvalue weighted by Crippen LogP contribution is -2.61. The number of rotatable bonds is 11. The lowest BCUT2D eigenvalue weighted by atomic mass is 9.48. The average Bonchev–Trinajstić information content (AvgIpc) is 3.14. The molecule has 0 radical (unpaired) electrons. The van der Waals surface area contributed by atoms with Gasteiger partial charge in [0.25, 0.3) is 11.8 Å². The standard InChI is InChI=1S/C26H25F6NO10S/c27-24(28,26(31,32)44(38,39)40)5-6-41-20(36)22-8-14-7-15(9-22)11-23(10-14,12-22)43-25(29,30)21(37)42-13-33-18(34)16-3-1-2-4-17(16)19(33)35/h1-4,14-15H,5-13H2,(H,38,39,40)/p-1. The second kappa shape index (κ2) is 10.4. The van der Waals surface area contributed by atoms with Gasteiger partial charge in [0.2, 0.25) is 0 Å². The molecule has 4 aliphatic carbocycles. The van der Waals surface area contributed by atoms with Gasteiger partial charge >= 0.3 is 29.2 Å². The predicted molar refractivity (Wildman–Crippen MR) is 129 cm³/mol. The third kappa shape index (κ3) is 5.33. The molecule has 5 aliphatic rings. The number of carbonyl (C=O) groups is 4. The summed E-state index contributed by atoms with van der Waals surface area (Å²) >= 11 is 0. The highest BCUT2D eigenvalue weighted by Gasteiger charge is 2.66. The molecule has 0 aromatic heterocycles. The number of imide groups is 1. The Kier molecular flexibility index (Phi) is 7.60. The maximum absolute atomic E-state index is 15.1. The minimum absolute atomic E-state index is 0.00446. The minimum Gasteiger partial charge on any atom is -0.743 e. The third-order valence-corrected chi connectivity index (χ3v) is 9.54. The Morgan fingerprint density at radius 3 is 2.00 bits per heavy atom. The van der Waals surface area contributed by atoms with Crippen molar-refractivity contribution in [3.8, 4) is 0 Å². The van der Waals surface area contributed by atoms with Crippen LogP contribution in [0.15, 0.2) is 24.3 Å². The van der Waals surface area contributed by atoms with E-state index < -0.39 is 88.4 Å². The highest BCUT2D eigenvalue weighted by molar-refractivity contribution is 7.86. The second-order valence-electron chi connectivity index (χ2n) is 11.7. The third-order valence-electron chi connectivity index (χ3n) is 8.61. The molecule has 2 amide bonds. The van der Waals surface area contributed by atoms with E-state index in [0.717, 1.165) is 0 Å². The van der Waals surface area contributed by atoms with E-state index in [9.17, 15) is 49.7 Å². The zero-order chi connectivity index (χ0) is 32.5. The van der Waals surface area contributed by atoms with Crippen molar-refractivity contribution < 1.29 is 72.7 Å². The van der Waals surface area contributed by atoms with E-state index >= 15 is 8.78 Å². The maximum Gasteiger partial charge on any atom is 0.456 e. The van der Waals surface area contributed by atoms with Crippen LogP contribution in [-0.2, 0) is 33.9 Å². The van der Waals surface area contributed by atoms with Crippen LogP contribution in [0.25, 0.3) is 0 Å². The largest absolute Gasteiger partial charge is 0.743 e. The highest BCUT2D eigenvalue weighted by Crippen LogP contribution is 2.64. The number of benzene rings is 1. The van der Waals surface area contributed by atoms with Crippen molar-refractivity contribution in [1.82, 2.24) is 4.90 Å². The van der Waals surface area contributed by atoms with Gasteiger partial charge in [-0.25, -0.2) is 18.1 Å². The number of esters is 2. The van der Waals surface area contributed by atoms with E-state index in [2.05, 4.69) is 4.74 Å². The van der Waals surface area contributed by atoms with Gasteiger partial charge in [-0.05, 0) is 62.5 Å². The van der Waals surface area contributed by atoms with Gasteiger partial charge in [-0.1, -0.05) is 12.1 Å². The van der Waals surface area contributed by atoms with Gasteiger partial charge in [-0.3, -0.25) is 14.4 Å². The Hall–Kier alpha value is -3.25. The van der Waals surface area contributed by atoms with Crippen molar-refractivity contribution in [3.63, 3.8) is 0 Å². The summed E-state index contributed by atoms with van der Waals surface area (Å²) in [5.41, 5.74) is -3.33. The predicted octanol–water partition coefficient (Wildman–Crippen LogP) is 3.44. The Morgan fingerprint density at radius 1 is 0.932 bits per heavy atom. The molecular formula is C26H24F6NO10S-. The topological polar surface area (TPSA) is 156 Å². The zero-order valence-corrected chi connectivity index (χ0v) is 23.4. The Morgan fingerprint density at radius 2 is 1.48 bits per heavy atom. The molecule has 1 aromatic carbocycles. The fraction of sp³-hybridized carbons (Fsp3) is 0.615. The van der Waals surface area contributed by atoms with Crippen molar-refractivity contribution >= 4 is 33.9 Å². The number of nitrogens with zero attached hydrogens (tertiary/aromatic N) is 1. The molecule has 4 fully saturated rings. The summed E-state index contributed by atoms with van der Waals surface area (Å²) in [6.45, 7) is -2.53. The zero-order valence-electron chi connectivity index (χ0n) is 22.5. The molecule has 18 heteroatoms. The van der Waals surface area contributed by atoms with E-state index in [-0.39, 0.29) is 48.6 Å². The molecule has 11 nitrogen and oxygen atoms in total. The molecule has 1 aliphatic heterocycles. The highest BCUT2D eigenvalue weighted by atomic mass is 32.2. The lowest BCUT2D eigenvalue weighted by Gasteiger charge is -2.60. The second-order valence-corrected chi connectivity index (χ2v) is 13.2. The van der Waals surface area contributed by atoms with Crippen LogP contribution in [-0.4, -0.2) is 77.8 Å². The molecule has 44 heavy (non-hydrogen) atoms. The summed E-state index contributed by atoms with van der Waals surface area (Å²) in [7, 11) is -6.74. The molecule has 0 saturated heterocycles. The van der Waals surface area contributed by atoms with Crippen molar-refractivity contribution in [2.24, 2.45) is 17.3 Å². The first-order valence-electron chi connectivity index (χ1n) is 13.3. The van der Waals surface area contributed by atoms with Gasteiger partial charge in [0.05, 0.1) is 35.2 Å². The molecule has 6 rings (SSSR count). The molecule has 1 heterocycles. The van der Waals surface area contributed by atoms with Gasteiger partial charge in [-0.2, -0.15) is 26.3 Å². The van der Waals surface area contributed by atoms with Crippen molar-refractivity contribution in [3.05, 3.63) is 35.4 Å². The summed E-state index contributed by atoms with van der Waals surface area (Å²) in [6.07, 6.45) is -6.41. The molecule has 4 bridgehead atoms. The van der Waals surface area contributed by atoms with Crippen LogP contribution >= 0.6 is 0 Å². The molecule has 4 saturated carbocycles. The Labute approximate surface area is 245 Å². The minimum atomic E-state index is -6.74. The van der Waals surface area contributed by atoms with E-state index in [0.29, 0.717) is 11.3 Å². The quantitative estimate of drug-likeness (QED) is 0.150. The molecular weight excluding hydrogens is 632 g/mol. The summed E-state index contributed by atoms with van der Waals surface area (Å²) in [5, 5.41) is -5.97. The first kappa shape index (κ1) is 32.2. The van der Waals surface area contributed by atoms with Crippen LogP contribution in [0.2, 0.25) is 0 Å². The van der Waals surface area contributed by atoms with E-state index in [1.54, 1.807) is 0 Å². The van der Waals surface area contributed by atoms with Gasteiger partial charge in [0, 0.05) is 0 Å². The average molecular weight is 657 g/mol. The van der Waals surface area contributed by atoms with Crippen LogP contribution in [0.1, 0.15) is 65.7 Å². The van der Waals surface area contributed by atoms with Gasteiger partial charge in [0.15, 0.2) is 16.8 Å². The number of carbonyl (C=O) groups excluding carboxylic acids is 4. The molecule has 1 aromatic rings. The number of hydrogen-bond acceptors (Lipinski definition) is 10. The summed E-state index contributed by atoms with van der Waals surface area (Å²) in [4.78, 5) is 50.7. The van der Waals surface area contributed by atoms with Crippen LogP contribution < -0.4 is 0 Å². The number of amides is 2. The first-order chi connectivity index (χ1) is 20.2. The van der Waals surface area contributed by atoms with Crippen LogP contribution in [0.3, 0.4) is 0 Å². The fourth-order valence-corrected chi connectivity index (χ4v) is 7.64. The molecule has 2 unspecified atom stereocenters. The Balaban J connectivity index is 1.23. The SMILES string of the molecule is O=C1c2ccccc2C(=O)N1COC(=O)C(F)(F)OC12CC3CC(C1)CC(C(=O)OCCC(F)(F)C(F)(F)S(=O)(=O)[O-])(C3)C2. The monoisotopic (exact) mass is 656 g/mol.